The summed E-state index contributed by atoms with van der Waals surface area (Å²) < 4.78 is 15.3. The molecule has 1 aromatic carbocycles. The third-order valence-corrected chi connectivity index (χ3v) is 7.11. The minimum atomic E-state index is -0.281. The summed E-state index contributed by atoms with van der Waals surface area (Å²) in [6, 6.07) is 13.4. The average Bonchev–Trinajstić information content (AvgIpc) is 2.89. The molecule has 0 saturated carbocycles. The molecule has 4 aromatic rings. The van der Waals surface area contributed by atoms with Crippen molar-refractivity contribution >= 4 is 22.5 Å². The number of rotatable bonds is 4. The number of fused-ring (bicyclic) bond motifs is 1. The molecule has 5 rings (SSSR count). The van der Waals surface area contributed by atoms with Gasteiger partial charge < -0.3 is 14.3 Å². The number of piperazine rings is 1. The van der Waals surface area contributed by atoms with Gasteiger partial charge in [0.1, 0.15) is 11.6 Å². The zero-order chi connectivity index (χ0) is 26.3. The van der Waals surface area contributed by atoms with Gasteiger partial charge in [0, 0.05) is 44.5 Å². The minimum absolute atomic E-state index is 0.0239. The van der Waals surface area contributed by atoms with E-state index in [1.165, 1.54) is 12.1 Å². The Balaban J connectivity index is 1.56. The van der Waals surface area contributed by atoms with Crippen molar-refractivity contribution in [2.75, 3.05) is 18.0 Å². The van der Waals surface area contributed by atoms with Gasteiger partial charge in [-0.3, -0.25) is 9.69 Å². The summed E-state index contributed by atoms with van der Waals surface area (Å²) in [5, 5.41) is 0. The van der Waals surface area contributed by atoms with Crippen LogP contribution < -0.4 is 10.5 Å². The van der Waals surface area contributed by atoms with Crippen molar-refractivity contribution < 1.29 is 4.39 Å². The van der Waals surface area contributed by atoms with E-state index in [1.54, 1.807) is 36.0 Å². The first-order valence-corrected chi connectivity index (χ1v) is 12.2. The Hall–Kier alpha value is -4.16. The predicted molar refractivity (Wildman–Crippen MR) is 141 cm³/mol. The van der Waals surface area contributed by atoms with Crippen LogP contribution in [0.15, 0.2) is 59.5 Å². The Labute approximate surface area is 214 Å². The van der Waals surface area contributed by atoms with Crippen molar-refractivity contribution in [3.63, 3.8) is 0 Å². The zero-order valence-corrected chi connectivity index (χ0v) is 21.3. The molecule has 1 saturated heterocycles. The molecular weight excluding hydrogens is 469 g/mol. The third-order valence-electron chi connectivity index (χ3n) is 7.11. The molecule has 3 aromatic heterocycles. The van der Waals surface area contributed by atoms with Crippen LogP contribution in [-0.2, 0) is 7.05 Å². The largest absolute Gasteiger partial charge is 0.362 e. The Bertz CT molecular complexity index is 1560. The van der Waals surface area contributed by atoms with E-state index in [4.69, 9.17) is 11.6 Å². The number of pyridine rings is 2. The van der Waals surface area contributed by atoms with Crippen LogP contribution in [0.5, 0.6) is 0 Å². The summed E-state index contributed by atoms with van der Waals surface area (Å²) in [7, 11) is 1.72. The van der Waals surface area contributed by atoms with Crippen molar-refractivity contribution in [2.24, 2.45) is 7.05 Å². The lowest BCUT2D eigenvalue weighted by molar-refractivity contribution is 0.127. The molecule has 0 aliphatic carbocycles. The Morgan fingerprint density at radius 2 is 1.81 bits per heavy atom. The van der Waals surface area contributed by atoms with E-state index >= 15 is 0 Å². The van der Waals surface area contributed by atoms with Crippen LogP contribution in [0.3, 0.4) is 0 Å². The molecule has 1 fully saturated rings. The number of benzene rings is 1. The van der Waals surface area contributed by atoms with E-state index in [-0.39, 0.29) is 29.5 Å². The molecule has 0 bridgehead atoms. The summed E-state index contributed by atoms with van der Waals surface area (Å²) in [5.74, 6) is 0.691. The molecule has 1 aliphatic heterocycles. The predicted octanol–water partition coefficient (Wildman–Crippen LogP) is 4.41. The standard InChI is InChI=1S/C28H28FN7O/c1-17-16-36(28(20-6-8-21(29)9-7-20)22-12-13-31-19(3)32-22)18(2)15-35(17)24-14-26(37)34(5)23-10-11-25(30-4)33-27(23)24/h6-14,17-18,28H,15-16H2,1-3,5H3/t17-,18+,28?/m0/s1. The first kappa shape index (κ1) is 24.5. The van der Waals surface area contributed by atoms with E-state index in [2.05, 4.69) is 38.5 Å². The van der Waals surface area contributed by atoms with E-state index in [1.807, 2.05) is 25.1 Å². The van der Waals surface area contributed by atoms with Gasteiger partial charge in [-0.15, -0.1) is 4.98 Å². The van der Waals surface area contributed by atoms with Gasteiger partial charge >= 0.3 is 0 Å². The third kappa shape index (κ3) is 4.56. The van der Waals surface area contributed by atoms with Gasteiger partial charge in [-0.1, -0.05) is 18.7 Å². The maximum atomic E-state index is 13.8. The summed E-state index contributed by atoms with van der Waals surface area (Å²) in [4.78, 5) is 34.5. The van der Waals surface area contributed by atoms with Gasteiger partial charge in [-0.25, -0.2) is 14.4 Å². The maximum absolute atomic E-state index is 13.8. The fourth-order valence-electron chi connectivity index (χ4n) is 5.24. The van der Waals surface area contributed by atoms with Gasteiger partial charge in [-0.2, -0.15) is 0 Å². The lowest BCUT2D eigenvalue weighted by Gasteiger charge is -2.48. The van der Waals surface area contributed by atoms with Crippen molar-refractivity contribution in [3.8, 4) is 0 Å². The molecule has 3 atom stereocenters. The van der Waals surface area contributed by atoms with Gasteiger partial charge in [0.05, 0.1) is 22.9 Å². The molecule has 1 unspecified atom stereocenters. The van der Waals surface area contributed by atoms with Crippen molar-refractivity contribution in [1.82, 2.24) is 24.4 Å². The van der Waals surface area contributed by atoms with Crippen LogP contribution in [0, 0.1) is 19.3 Å². The lowest BCUT2D eigenvalue weighted by Crippen LogP contribution is -2.57. The van der Waals surface area contributed by atoms with E-state index in [9.17, 15) is 9.18 Å². The van der Waals surface area contributed by atoms with Crippen molar-refractivity contribution in [1.29, 1.82) is 0 Å². The van der Waals surface area contributed by atoms with Crippen LogP contribution >= 0.6 is 0 Å². The molecular formula is C28H28FN7O. The Kier molecular flexibility index (Phi) is 6.44. The highest BCUT2D eigenvalue weighted by Gasteiger charge is 2.37. The van der Waals surface area contributed by atoms with Crippen LogP contribution in [0.1, 0.15) is 37.0 Å². The first-order chi connectivity index (χ1) is 17.8. The number of halogens is 1. The SMILES string of the molecule is [C-]#[N+]c1ccc2c(n1)c(N1C[C@@H](C)N(C(c3ccc(F)cc3)c3ccnc(C)n3)C[C@@H]1C)cc(=O)n2C. The van der Waals surface area contributed by atoms with Gasteiger partial charge in [0.15, 0.2) is 0 Å². The monoisotopic (exact) mass is 497 g/mol. The highest BCUT2D eigenvalue weighted by Crippen LogP contribution is 2.35. The zero-order valence-electron chi connectivity index (χ0n) is 21.3. The molecule has 0 spiro atoms. The highest BCUT2D eigenvalue weighted by molar-refractivity contribution is 5.89. The number of aryl methyl sites for hydroxylation is 2. The molecule has 9 heteroatoms. The van der Waals surface area contributed by atoms with Crippen LogP contribution in [0.2, 0.25) is 0 Å². The molecule has 188 valence electrons. The summed E-state index contributed by atoms with van der Waals surface area (Å²) in [6.07, 6.45) is 1.75. The van der Waals surface area contributed by atoms with E-state index < -0.39 is 0 Å². The van der Waals surface area contributed by atoms with E-state index in [0.717, 1.165) is 16.9 Å². The second-order valence-electron chi connectivity index (χ2n) is 9.61. The smallest absolute Gasteiger partial charge is 0.270 e. The molecule has 8 nitrogen and oxygen atoms in total. The number of aromatic nitrogens is 4. The first-order valence-electron chi connectivity index (χ1n) is 12.2. The second kappa shape index (κ2) is 9.71. The van der Waals surface area contributed by atoms with Gasteiger partial charge in [-0.05, 0) is 56.7 Å². The molecule has 1 aliphatic rings. The maximum Gasteiger partial charge on any atom is 0.270 e. The van der Waals surface area contributed by atoms with Crippen LogP contribution in [-0.4, -0.2) is 49.6 Å². The normalized spacial score (nSPS) is 19.1. The second-order valence-corrected chi connectivity index (χ2v) is 9.61. The fourth-order valence-corrected chi connectivity index (χ4v) is 5.24. The highest BCUT2D eigenvalue weighted by atomic mass is 19.1. The molecule has 0 radical (unpaired) electrons. The molecule has 4 heterocycles. The van der Waals surface area contributed by atoms with E-state index in [0.29, 0.717) is 35.8 Å². The van der Waals surface area contributed by atoms with Crippen LogP contribution in [0.4, 0.5) is 15.9 Å². The van der Waals surface area contributed by atoms with Gasteiger partial charge in [0.25, 0.3) is 11.4 Å². The van der Waals surface area contributed by atoms with Crippen molar-refractivity contribution in [3.05, 3.63) is 99.4 Å². The number of anilines is 1. The Morgan fingerprint density at radius 1 is 1.05 bits per heavy atom. The molecule has 0 amide bonds. The topological polar surface area (TPSA) is 71.5 Å². The number of hydrogen-bond acceptors (Lipinski definition) is 6. The number of hydrogen-bond donors (Lipinski definition) is 0. The summed E-state index contributed by atoms with van der Waals surface area (Å²) >= 11 is 0. The average molecular weight is 498 g/mol. The fraction of sp³-hybridized carbons (Fsp3) is 0.321. The number of nitrogens with zero attached hydrogens (tertiary/aromatic N) is 7. The quantitative estimate of drug-likeness (QED) is 0.389. The Morgan fingerprint density at radius 3 is 2.51 bits per heavy atom. The van der Waals surface area contributed by atoms with Gasteiger partial charge in [0.2, 0.25) is 5.52 Å². The molecule has 37 heavy (non-hydrogen) atoms. The minimum Gasteiger partial charge on any atom is -0.362 e. The van der Waals surface area contributed by atoms with Crippen molar-refractivity contribution in [2.45, 2.75) is 38.9 Å². The lowest BCUT2D eigenvalue weighted by atomic mass is 9.96. The summed E-state index contributed by atoms with van der Waals surface area (Å²) in [6.45, 7) is 14.8. The molecule has 0 N–H and O–H groups in total. The van der Waals surface area contributed by atoms with Crippen LogP contribution in [0.25, 0.3) is 15.9 Å². The summed E-state index contributed by atoms with van der Waals surface area (Å²) in [5.41, 5.74) is 3.76.